The lowest BCUT2D eigenvalue weighted by Crippen LogP contribution is -2.29. The van der Waals surface area contributed by atoms with Crippen LogP contribution < -0.4 is 10.5 Å². The Morgan fingerprint density at radius 1 is 1.21 bits per heavy atom. The van der Waals surface area contributed by atoms with Gasteiger partial charge in [0.05, 0.1) is 4.90 Å². The molecule has 3 rings (SSSR count). The van der Waals surface area contributed by atoms with Gasteiger partial charge in [-0.3, -0.25) is 0 Å². The molecule has 1 aromatic heterocycles. The summed E-state index contributed by atoms with van der Waals surface area (Å²) in [6, 6.07) is 8.93. The molecule has 0 saturated carbocycles. The SMILES string of the molecule is NCCNS(=O)(=O)c1cc(Cl)cc(-c2c[nH]c3cc(F)ccc23)c1. The van der Waals surface area contributed by atoms with Crippen molar-refractivity contribution >= 4 is 32.5 Å². The molecular formula is C16H15ClFN3O2S. The number of halogens is 2. The van der Waals surface area contributed by atoms with E-state index in [0.717, 1.165) is 10.9 Å². The van der Waals surface area contributed by atoms with Gasteiger partial charge in [-0.1, -0.05) is 11.6 Å². The molecule has 5 nitrogen and oxygen atoms in total. The van der Waals surface area contributed by atoms with Gasteiger partial charge >= 0.3 is 0 Å². The van der Waals surface area contributed by atoms with Gasteiger partial charge in [0.2, 0.25) is 10.0 Å². The fourth-order valence-electron chi connectivity index (χ4n) is 2.49. The van der Waals surface area contributed by atoms with Gasteiger partial charge in [0, 0.05) is 40.8 Å². The van der Waals surface area contributed by atoms with E-state index >= 15 is 0 Å². The summed E-state index contributed by atoms with van der Waals surface area (Å²) >= 11 is 6.10. The molecule has 0 aliphatic rings. The molecule has 0 atom stereocenters. The normalized spacial score (nSPS) is 12.0. The fourth-order valence-corrected chi connectivity index (χ4v) is 3.90. The molecule has 0 bridgehead atoms. The third-order valence-electron chi connectivity index (χ3n) is 3.57. The zero-order valence-corrected chi connectivity index (χ0v) is 14.1. The highest BCUT2D eigenvalue weighted by atomic mass is 35.5. The maximum absolute atomic E-state index is 13.3. The molecule has 0 amide bonds. The Morgan fingerprint density at radius 3 is 2.75 bits per heavy atom. The van der Waals surface area contributed by atoms with Crippen LogP contribution in [0.25, 0.3) is 22.0 Å². The first-order valence-electron chi connectivity index (χ1n) is 7.18. The number of fused-ring (bicyclic) bond motifs is 1. The summed E-state index contributed by atoms with van der Waals surface area (Å²) in [7, 11) is -3.70. The highest BCUT2D eigenvalue weighted by Crippen LogP contribution is 2.32. The van der Waals surface area contributed by atoms with Crippen LogP contribution in [0.15, 0.2) is 47.5 Å². The average Bonchev–Trinajstić information content (AvgIpc) is 2.95. The predicted molar refractivity (Wildman–Crippen MR) is 92.9 cm³/mol. The van der Waals surface area contributed by atoms with Crippen molar-refractivity contribution in [2.45, 2.75) is 4.90 Å². The summed E-state index contributed by atoms with van der Waals surface area (Å²) in [4.78, 5) is 3.03. The molecule has 2 aromatic carbocycles. The van der Waals surface area contributed by atoms with Crippen LogP contribution in [-0.2, 0) is 10.0 Å². The number of hydrogen-bond acceptors (Lipinski definition) is 3. The van der Waals surface area contributed by atoms with Crippen molar-refractivity contribution in [3.8, 4) is 11.1 Å². The Labute approximate surface area is 143 Å². The van der Waals surface area contributed by atoms with E-state index in [2.05, 4.69) is 9.71 Å². The molecule has 0 fully saturated rings. The lowest BCUT2D eigenvalue weighted by Gasteiger charge is -2.09. The van der Waals surface area contributed by atoms with E-state index in [0.29, 0.717) is 11.1 Å². The van der Waals surface area contributed by atoms with Crippen LogP contribution >= 0.6 is 11.6 Å². The summed E-state index contributed by atoms with van der Waals surface area (Å²) in [5.41, 5.74) is 7.32. The number of aromatic amines is 1. The van der Waals surface area contributed by atoms with Gasteiger partial charge in [0.15, 0.2) is 0 Å². The number of aromatic nitrogens is 1. The summed E-state index contributed by atoms with van der Waals surface area (Å²) in [6.45, 7) is 0.331. The second-order valence-electron chi connectivity index (χ2n) is 5.25. The molecule has 0 saturated heterocycles. The summed E-state index contributed by atoms with van der Waals surface area (Å²) in [5.74, 6) is -0.351. The Balaban J connectivity index is 2.11. The number of sulfonamides is 1. The number of nitrogens with two attached hydrogens (primary N) is 1. The Hall–Kier alpha value is -1.93. The van der Waals surface area contributed by atoms with Crippen LogP contribution in [0.2, 0.25) is 5.02 Å². The van der Waals surface area contributed by atoms with E-state index in [9.17, 15) is 12.8 Å². The third kappa shape index (κ3) is 3.29. The Bertz CT molecular complexity index is 1000. The third-order valence-corrected chi connectivity index (χ3v) is 5.23. The minimum Gasteiger partial charge on any atom is -0.360 e. The molecule has 0 aliphatic carbocycles. The van der Waals surface area contributed by atoms with Crippen LogP contribution in [0, 0.1) is 5.82 Å². The van der Waals surface area contributed by atoms with Crippen LogP contribution in [-0.4, -0.2) is 26.5 Å². The van der Waals surface area contributed by atoms with E-state index in [-0.39, 0.29) is 28.8 Å². The molecule has 0 spiro atoms. The highest BCUT2D eigenvalue weighted by Gasteiger charge is 2.17. The lowest BCUT2D eigenvalue weighted by atomic mass is 10.0. The first-order valence-corrected chi connectivity index (χ1v) is 9.04. The van der Waals surface area contributed by atoms with Crippen LogP contribution in [0.5, 0.6) is 0 Å². The van der Waals surface area contributed by atoms with Crippen LogP contribution in [0.1, 0.15) is 0 Å². The smallest absolute Gasteiger partial charge is 0.240 e. The lowest BCUT2D eigenvalue weighted by molar-refractivity contribution is 0.582. The molecule has 0 unspecified atom stereocenters. The van der Waals surface area contributed by atoms with Crippen LogP contribution in [0.3, 0.4) is 0 Å². The van der Waals surface area contributed by atoms with E-state index in [1.165, 1.54) is 24.3 Å². The molecule has 3 aromatic rings. The maximum Gasteiger partial charge on any atom is 0.240 e. The highest BCUT2D eigenvalue weighted by molar-refractivity contribution is 7.89. The van der Waals surface area contributed by atoms with Gasteiger partial charge < -0.3 is 10.7 Å². The quantitative estimate of drug-likeness (QED) is 0.648. The van der Waals surface area contributed by atoms with Crippen molar-refractivity contribution in [1.82, 2.24) is 9.71 Å². The Kier molecular flexibility index (Phi) is 4.60. The molecule has 4 N–H and O–H groups in total. The van der Waals surface area contributed by atoms with Gasteiger partial charge in [-0.25, -0.2) is 17.5 Å². The summed E-state index contributed by atoms with van der Waals surface area (Å²) in [6.07, 6.45) is 1.69. The molecule has 8 heteroatoms. The fraction of sp³-hybridized carbons (Fsp3) is 0.125. The van der Waals surface area contributed by atoms with E-state index in [1.54, 1.807) is 18.3 Å². The van der Waals surface area contributed by atoms with Crippen LogP contribution in [0.4, 0.5) is 4.39 Å². The van der Waals surface area contributed by atoms with Crippen molar-refractivity contribution in [2.75, 3.05) is 13.1 Å². The summed E-state index contributed by atoms with van der Waals surface area (Å²) < 4.78 is 40.3. The molecule has 24 heavy (non-hydrogen) atoms. The number of H-pyrrole nitrogens is 1. The summed E-state index contributed by atoms with van der Waals surface area (Å²) in [5, 5.41) is 1.06. The maximum atomic E-state index is 13.3. The molecule has 0 radical (unpaired) electrons. The first kappa shape index (κ1) is 16.9. The standard InChI is InChI=1S/C16H15ClFN3O2S/c17-11-5-10(6-13(7-11)24(22,23)21-4-3-19)15-9-20-16-8-12(18)1-2-14(15)16/h1-2,5-9,20-21H,3-4,19H2. The first-order chi connectivity index (χ1) is 11.4. The van der Waals surface area contributed by atoms with Gasteiger partial charge in [0.25, 0.3) is 0 Å². The number of hydrogen-bond donors (Lipinski definition) is 3. The van der Waals surface area contributed by atoms with Gasteiger partial charge in [0.1, 0.15) is 5.82 Å². The Morgan fingerprint density at radius 2 is 2.00 bits per heavy atom. The van der Waals surface area contributed by atoms with Crippen molar-refractivity contribution in [1.29, 1.82) is 0 Å². The molecule has 0 aliphatic heterocycles. The predicted octanol–water partition coefficient (Wildman–Crippen LogP) is 2.86. The number of nitrogens with one attached hydrogen (secondary N) is 2. The zero-order valence-electron chi connectivity index (χ0n) is 12.5. The van der Waals surface area contributed by atoms with E-state index < -0.39 is 10.0 Å². The van der Waals surface area contributed by atoms with Crippen molar-refractivity contribution < 1.29 is 12.8 Å². The molecular weight excluding hydrogens is 353 g/mol. The molecule has 126 valence electrons. The minimum absolute atomic E-state index is 0.0508. The number of benzene rings is 2. The monoisotopic (exact) mass is 367 g/mol. The zero-order chi connectivity index (χ0) is 17.3. The average molecular weight is 368 g/mol. The van der Waals surface area contributed by atoms with E-state index in [1.807, 2.05) is 0 Å². The van der Waals surface area contributed by atoms with Crippen molar-refractivity contribution in [3.05, 3.63) is 53.4 Å². The topological polar surface area (TPSA) is 88.0 Å². The van der Waals surface area contributed by atoms with Gasteiger partial charge in [-0.2, -0.15) is 0 Å². The number of rotatable bonds is 5. The van der Waals surface area contributed by atoms with Crippen molar-refractivity contribution in [2.24, 2.45) is 5.73 Å². The van der Waals surface area contributed by atoms with Crippen molar-refractivity contribution in [3.63, 3.8) is 0 Å². The van der Waals surface area contributed by atoms with Gasteiger partial charge in [-0.15, -0.1) is 0 Å². The van der Waals surface area contributed by atoms with E-state index in [4.69, 9.17) is 17.3 Å². The molecule has 1 heterocycles. The largest absolute Gasteiger partial charge is 0.360 e. The van der Waals surface area contributed by atoms with Gasteiger partial charge in [-0.05, 0) is 42.0 Å². The minimum atomic E-state index is -3.70. The second-order valence-corrected chi connectivity index (χ2v) is 7.46. The second kappa shape index (κ2) is 6.52.